The Hall–Kier alpha value is -2.69. The molecule has 0 N–H and O–H groups in total. The van der Waals surface area contributed by atoms with Crippen LogP contribution in [-0.2, 0) is 14.8 Å². The number of sulfonamides is 1. The summed E-state index contributed by atoms with van der Waals surface area (Å²) in [5.41, 5.74) is 0.973. The Kier molecular flexibility index (Phi) is 6.22. The number of amides is 1. The van der Waals surface area contributed by atoms with E-state index in [0.717, 1.165) is 24.4 Å². The van der Waals surface area contributed by atoms with E-state index in [0.29, 0.717) is 37.3 Å². The van der Waals surface area contributed by atoms with Crippen molar-refractivity contribution in [3.63, 3.8) is 0 Å². The largest absolute Gasteiger partial charge is 0.339 e. The maximum Gasteiger partial charge on any atom is 0.243 e. The molecule has 1 aliphatic heterocycles. The zero-order chi connectivity index (χ0) is 22.8. The number of rotatable bonds is 7. The summed E-state index contributed by atoms with van der Waals surface area (Å²) in [6.07, 6.45) is 2.23. The Morgan fingerprint density at radius 2 is 1.58 bits per heavy atom. The zero-order valence-electron chi connectivity index (χ0n) is 18.1. The van der Waals surface area contributed by atoms with Crippen molar-refractivity contribution >= 4 is 27.7 Å². The van der Waals surface area contributed by atoms with Crippen LogP contribution in [0.5, 0.6) is 0 Å². The summed E-state index contributed by atoms with van der Waals surface area (Å²) < 4.78 is 28.9. The molecule has 2 fully saturated rings. The fourth-order valence-corrected chi connectivity index (χ4v) is 6.04. The Bertz CT molecular complexity index is 1220. The maximum atomic E-state index is 12.8. The third kappa shape index (κ3) is 4.83. The Morgan fingerprint density at radius 1 is 0.939 bits per heavy atom. The molecule has 33 heavy (non-hydrogen) atoms. The Labute approximate surface area is 197 Å². The van der Waals surface area contributed by atoms with Gasteiger partial charge in [0.2, 0.25) is 21.1 Å². The number of thioether (sulfide) groups is 1. The van der Waals surface area contributed by atoms with Gasteiger partial charge in [0.05, 0.1) is 16.3 Å². The highest BCUT2D eigenvalue weighted by atomic mass is 32.2. The number of hydrogen-bond acceptors (Lipinski definition) is 6. The van der Waals surface area contributed by atoms with E-state index in [4.69, 9.17) is 4.98 Å². The summed E-state index contributed by atoms with van der Waals surface area (Å²) in [5, 5.41) is 5.24. The van der Waals surface area contributed by atoms with E-state index in [-0.39, 0.29) is 16.6 Å². The average molecular weight is 484 g/mol. The first kappa shape index (κ1) is 22.1. The highest BCUT2D eigenvalue weighted by Gasteiger charge is 2.32. The van der Waals surface area contributed by atoms with Crippen LogP contribution in [0.15, 0.2) is 70.7 Å². The van der Waals surface area contributed by atoms with Crippen LogP contribution in [0, 0.1) is 0 Å². The summed E-state index contributed by atoms with van der Waals surface area (Å²) in [7, 11) is -3.53. The van der Waals surface area contributed by atoms with E-state index in [1.165, 1.54) is 16.1 Å². The van der Waals surface area contributed by atoms with Crippen LogP contribution in [0.1, 0.15) is 24.6 Å². The van der Waals surface area contributed by atoms with Gasteiger partial charge in [0.1, 0.15) is 5.82 Å². The Morgan fingerprint density at radius 3 is 2.21 bits per heavy atom. The van der Waals surface area contributed by atoms with Crippen molar-refractivity contribution in [2.24, 2.45) is 0 Å². The van der Waals surface area contributed by atoms with Gasteiger partial charge in [-0.2, -0.15) is 4.31 Å². The highest BCUT2D eigenvalue weighted by Crippen LogP contribution is 2.40. The molecule has 2 heterocycles. The van der Waals surface area contributed by atoms with Crippen molar-refractivity contribution in [2.75, 3.05) is 31.9 Å². The Balaban J connectivity index is 1.19. The molecular weight excluding hydrogens is 458 g/mol. The van der Waals surface area contributed by atoms with Crippen molar-refractivity contribution < 1.29 is 13.2 Å². The molecule has 0 atom stereocenters. The molecule has 1 amide bonds. The summed E-state index contributed by atoms with van der Waals surface area (Å²) in [5.74, 6) is 1.59. The first-order valence-corrected chi connectivity index (χ1v) is 13.4. The van der Waals surface area contributed by atoms with Gasteiger partial charge in [-0.05, 0) is 37.1 Å². The van der Waals surface area contributed by atoms with Gasteiger partial charge in [0.15, 0.2) is 0 Å². The third-order valence-corrected chi connectivity index (χ3v) is 8.59. The molecule has 0 radical (unpaired) electrons. The molecule has 1 aromatic heterocycles. The second kappa shape index (κ2) is 9.28. The number of aromatic nitrogens is 3. The molecule has 0 bridgehead atoms. The standard InChI is InChI=1S/C23H25N5O3S2/c29-21(26-13-15-27(16-14-26)33(30,31)20-9-5-2-6-10-20)17-32-23-24-22(18-11-12-18)28(25-23)19-7-3-1-4-8-19/h1-10,18H,11-17H2. The van der Waals surface area contributed by atoms with Gasteiger partial charge >= 0.3 is 0 Å². The summed E-state index contributed by atoms with van der Waals surface area (Å²) in [4.78, 5) is 19.5. The third-order valence-electron chi connectivity index (χ3n) is 5.85. The minimum atomic E-state index is -3.53. The van der Waals surface area contributed by atoms with Gasteiger partial charge in [-0.3, -0.25) is 4.79 Å². The van der Waals surface area contributed by atoms with Gasteiger partial charge in [0, 0.05) is 32.1 Å². The molecule has 1 aliphatic carbocycles. The molecule has 1 saturated heterocycles. The van der Waals surface area contributed by atoms with Crippen molar-refractivity contribution in [3.8, 4) is 5.69 Å². The van der Waals surface area contributed by atoms with E-state index in [1.807, 2.05) is 35.0 Å². The van der Waals surface area contributed by atoms with Crippen molar-refractivity contribution in [2.45, 2.75) is 28.8 Å². The number of nitrogens with zero attached hydrogens (tertiary/aromatic N) is 5. The van der Waals surface area contributed by atoms with Gasteiger partial charge in [-0.15, -0.1) is 5.10 Å². The molecule has 0 spiro atoms. The molecule has 10 heteroatoms. The van der Waals surface area contributed by atoms with Gasteiger partial charge in [-0.1, -0.05) is 48.2 Å². The topological polar surface area (TPSA) is 88.4 Å². The molecule has 2 aromatic carbocycles. The molecule has 8 nitrogen and oxygen atoms in total. The number of carbonyl (C=O) groups excluding carboxylic acids is 1. The number of para-hydroxylation sites is 1. The first-order valence-electron chi connectivity index (χ1n) is 11.0. The fraction of sp³-hybridized carbons (Fsp3) is 0.348. The maximum absolute atomic E-state index is 12.8. The minimum absolute atomic E-state index is 0.0270. The van der Waals surface area contributed by atoms with Crippen molar-refractivity contribution in [1.29, 1.82) is 0 Å². The van der Waals surface area contributed by atoms with Gasteiger partial charge in [0.25, 0.3) is 0 Å². The number of benzene rings is 2. The van der Waals surface area contributed by atoms with Gasteiger partial charge < -0.3 is 4.90 Å². The second-order valence-corrected chi connectivity index (χ2v) is 11.0. The smallest absolute Gasteiger partial charge is 0.243 e. The van der Waals surface area contributed by atoms with Crippen molar-refractivity contribution in [1.82, 2.24) is 24.0 Å². The summed E-state index contributed by atoms with van der Waals surface area (Å²) in [6, 6.07) is 18.3. The van der Waals surface area contributed by atoms with E-state index in [2.05, 4.69) is 5.10 Å². The monoisotopic (exact) mass is 483 g/mol. The second-order valence-electron chi connectivity index (χ2n) is 8.16. The van der Waals surface area contributed by atoms with Gasteiger partial charge in [-0.25, -0.2) is 18.1 Å². The molecule has 1 saturated carbocycles. The van der Waals surface area contributed by atoms with Crippen LogP contribution >= 0.6 is 11.8 Å². The lowest BCUT2D eigenvalue weighted by atomic mass is 10.3. The SMILES string of the molecule is O=C(CSc1nc(C2CC2)n(-c2ccccc2)n1)N1CCN(S(=O)(=O)c2ccccc2)CC1. The number of piperazine rings is 1. The van der Waals surface area contributed by atoms with Crippen molar-refractivity contribution in [3.05, 3.63) is 66.5 Å². The summed E-state index contributed by atoms with van der Waals surface area (Å²) in [6.45, 7) is 1.34. The molecule has 2 aliphatic rings. The van der Waals surface area contributed by atoms with Crippen LogP contribution in [0.25, 0.3) is 5.69 Å². The predicted molar refractivity (Wildman–Crippen MR) is 126 cm³/mol. The highest BCUT2D eigenvalue weighted by molar-refractivity contribution is 7.99. The lowest BCUT2D eigenvalue weighted by molar-refractivity contribution is -0.129. The average Bonchev–Trinajstić information content (AvgIpc) is 3.62. The van der Waals surface area contributed by atoms with Crippen LogP contribution < -0.4 is 0 Å². The summed E-state index contributed by atoms with van der Waals surface area (Å²) >= 11 is 1.33. The minimum Gasteiger partial charge on any atom is -0.339 e. The normalized spacial score (nSPS) is 17.3. The molecule has 5 rings (SSSR count). The molecule has 3 aromatic rings. The van der Waals surface area contributed by atoms with Crippen LogP contribution in [0.4, 0.5) is 0 Å². The number of hydrogen-bond donors (Lipinski definition) is 0. The van der Waals surface area contributed by atoms with Crippen LogP contribution in [0.3, 0.4) is 0 Å². The van der Waals surface area contributed by atoms with E-state index < -0.39 is 10.0 Å². The quantitative estimate of drug-likeness (QED) is 0.480. The number of carbonyl (C=O) groups is 1. The van der Waals surface area contributed by atoms with E-state index in [9.17, 15) is 13.2 Å². The molecule has 172 valence electrons. The van der Waals surface area contributed by atoms with E-state index >= 15 is 0 Å². The lowest BCUT2D eigenvalue weighted by Crippen LogP contribution is -2.50. The lowest BCUT2D eigenvalue weighted by Gasteiger charge is -2.33. The van der Waals surface area contributed by atoms with Crippen LogP contribution in [-0.4, -0.2) is 70.2 Å². The predicted octanol–water partition coefficient (Wildman–Crippen LogP) is 2.77. The van der Waals surface area contributed by atoms with E-state index in [1.54, 1.807) is 35.2 Å². The zero-order valence-corrected chi connectivity index (χ0v) is 19.7. The molecule has 0 unspecified atom stereocenters. The molecular formula is C23H25N5O3S2. The first-order chi connectivity index (χ1) is 16.0. The van der Waals surface area contributed by atoms with Crippen LogP contribution in [0.2, 0.25) is 0 Å². The fourth-order valence-electron chi connectivity index (χ4n) is 3.87.